The van der Waals surface area contributed by atoms with Crippen molar-refractivity contribution in [2.45, 2.75) is 38.1 Å². The van der Waals surface area contributed by atoms with E-state index in [1.165, 1.54) is 0 Å². The molecule has 6 heteroatoms. The Morgan fingerprint density at radius 1 is 1.24 bits per heavy atom. The van der Waals surface area contributed by atoms with E-state index in [1.54, 1.807) is 0 Å². The minimum atomic E-state index is -0.705. The molecule has 2 aromatic rings. The van der Waals surface area contributed by atoms with E-state index in [1.807, 2.05) is 30.5 Å². The molecule has 0 unspecified atom stereocenters. The number of carbonyl (C=O) groups excluding carboxylic acids is 1. The highest BCUT2D eigenvalue weighted by atomic mass is 16.4. The monoisotopic (exact) mass is 343 g/mol. The molecule has 0 saturated heterocycles. The Kier molecular flexibility index (Phi) is 5.38. The van der Waals surface area contributed by atoms with Crippen LogP contribution in [0.15, 0.2) is 30.5 Å². The van der Waals surface area contributed by atoms with Gasteiger partial charge < -0.3 is 21.1 Å². The maximum Gasteiger partial charge on any atom is 0.306 e. The van der Waals surface area contributed by atoms with E-state index < -0.39 is 12.0 Å². The second-order valence-electron chi connectivity index (χ2n) is 6.97. The predicted octanol–water partition coefficient (Wildman–Crippen LogP) is 2.04. The van der Waals surface area contributed by atoms with Gasteiger partial charge in [0.15, 0.2) is 0 Å². The highest BCUT2D eigenvalue weighted by Gasteiger charge is 2.26. The van der Waals surface area contributed by atoms with Gasteiger partial charge in [0.05, 0.1) is 12.0 Å². The fourth-order valence-corrected chi connectivity index (χ4v) is 3.62. The van der Waals surface area contributed by atoms with Crippen LogP contribution in [0.1, 0.15) is 31.2 Å². The molecular weight excluding hydrogens is 318 g/mol. The van der Waals surface area contributed by atoms with E-state index in [-0.39, 0.29) is 11.8 Å². The lowest BCUT2D eigenvalue weighted by atomic mass is 9.82. The topological polar surface area (TPSA) is 108 Å². The molecule has 0 bridgehead atoms. The average molecular weight is 343 g/mol. The molecule has 0 spiro atoms. The summed E-state index contributed by atoms with van der Waals surface area (Å²) in [5, 5.41) is 13.1. The Labute approximate surface area is 146 Å². The summed E-state index contributed by atoms with van der Waals surface area (Å²) in [6, 6.07) is 7.37. The van der Waals surface area contributed by atoms with Crippen LogP contribution in [0.4, 0.5) is 0 Å². The maximum atomic E-state index is 12.3. The summed E-state index contributed by atoms with van der Waals surface area (Å²) in [5.74, 6) is -0.732. The van der Waals surface area contributed by atoms with Crippen molar-refractivity contribution in [3.63, 3.8) is 0 Å². The minimum absolute atomic E-state index is 0.148. The number of para-hydroxylation sites is 1. The van der Waals surface area contributed by atoms with Gasteiger partial charge >= 0.3 is 5.97 Å². The van der Waals surface area contributed by atoms with Crippen molar-refractivity contribution in [3.8, 4) is 0 Å². The van der Waals surface area contributed by atoms with Crippen molar-refractivity contribution in [1.29, 1.82) is 0 Å². The summed E-state index contributed by atoms with van der Waals surface area (Å²) in [6.45, 7) is 0.576. The highest BCUT2D eigenvalue weighted by molar-refractivity contribution is 5.86. The average Bonchev–Trinajstić information content (AvgIpc) is 3.03. The van der Waals surface area contributed by atoms with Crippen LogP contribution in [0.2, 0.25) is 0 Å². The number of amides is 1. The van der Waals surface area contributed by atoms with Gasteiger partial charge in [-0.3, -0.25) is 9.59 Å². The maximum absolute atomic E-state index is 12.3. The first-order valence-electron chi connectivity index (χ1n) is 8.85. The number of carbonyl (C=O) groups is 2. The summed E-state index contributed by atoms with van der Waals surface area (Å²) in [5.41, 5.74) is 8.16. The van der Waals surface area contributed by atoms with Gasteiger partial charge in [-0.05, 0) is 49.7 Å². The van der Waals surface area contributed by atoms with Gasteiger partial charge in [-0.25, -0.2) is 0 Å². The van der Waals surface area contributed by atoms with Crippen molar-refractivity contribution in [3.05, 3.63) is 36.0 Å². The van der Waals surface area contributed by atoms with Crippen LogP contribution >= 0.6 is 0 Å². The first-order chi connectivity index (χ1) is 12.0. The van der Waals surface area contributed by atoms with Gasteiger partial charge in [0.25, 0.3) is 0 Å². The molecule has 0 radical (unpaired) electrons. The van der Waals surface area contributed by atoms with Crippen LogP contribution < -0.4 is 11.1 Å². The molecule has 5 N–H and O–H groups in total. The van der Waals surface area contributed by atoms with Crippen LogP contribution in [0.3, 0.4) is 0 Å². The fraction of sp³-hybridized carbons (Fsp3) is 0.474. The second kappa shape index (κ2) is 7.70. The van der Waals surface area contributed by atoms with Crippen molar-refractivity contribution in [2.24, 2.45) is 17.6 Å². The first-order valence-corrected chi connectivity index (χ1v) is 8.85. The van der Waals surface area contributed by atoms with Crippen molar-refractivity contribution in [1.82, 2.24) is 10.3 Å². The van der Waals surface area contributed by atoms with Gasteiger partial charge in [0.1, 0.15) is 0 Å². The number of rotatable bonds is 6. The lowest BCUT2D eigenvalue weighted by Crippen LogP contribution is -2.44. The number of aliphatic carboxylic acids is 1. The number of fused-ring (bicyclic) bond motifs is 1. The van der Waals surface area contributed by atoms with Gasteiger partial charge in [-0.15, -0.1) is 0 Å². The zero-order chi connectivity index (χ0) is 17.8. The Bertz CT molecular complexity index is 747. The third-order valence-electron chi connectivity index (χ3n) is 5.21. The Morgan fingerprint density at radius 2 is 1.96 bits per heavy atom. The third-order valence-corrected chi connectivity index (χ3v) is 5.21. The number of aromatic nitrogens is 1. The number of H-pyrrole nitrogens is 1. The van der Waals surface area contributed by atoms with Crippen LogP contribution in [0.5, 0.6) is 0 Å². The number of nitrogens with one attached hydrogen (secondary N) is 2. The van der Waals surface area contributed by atoms with E-state index in [2.05, 4.69) is 10.3 Å². The minimum Gasteiger partial charge on any atom is -0.481 e. The van der Waals surface area contributed by atoms with E-state index in [0.29, 0.717) is 31.7 Å². The molecule has 134 valence electrons. The molecule has 1 aliphatic rings. The normalized spacial score (nSPS) is 21.8. The number of nitrogens with two attached hydrogens (primary N) is 1. The number of carboxylic acid groups (broad SMARTS) is 1. The van der Waals surface area contributed by atoms with Crippen molar-refractivity contribution < 1.29 is 14.7 Å². The molecule has 1 fully saturated rings. The van der Waals surface area contributed by atoms with Crippen LogP contribution in [-0.2, 0) is 16.0 Å². The molecule has 3 rings (SSSR count). The zero-order valence-corrected chi connectivity index (χ0v) is 14.2. The molecule has 0 aliphatic heterocycles. The molecule has 1 amide bonds. The number of benzene rings is 1. The molecule has 1 aliphatic carbocycles. The predicted molar refractivity (Wildman–Crippen MR) is 96.1 cm³/mol. The molecular formula is C19H25N3O3. The molecule has 6 nitrogen and oxygen atoms in total. The zero-order valence-electron chi connectivity index (χ0n) is 14.2. The summed E-state index contributed by atoms with van der Waals surface area (Å²) in [4.78, 5) is 26.4. The van der Waals surface area contributed by atoms with Crippen LogP contribution in [0, 0.1) is 11.8 Å². The van der Waals surface area contributed by atoms with Crippen LogP contribution in [0.25, 0.3) is 10.9 Å². The summed E-state index contributed by atoms with van der Waals surface area (Å²) in [7, 11) is 0. The number of aromatic amines is 1. The fourth-order valence-electron chi connectivity index (χ4n) is 3.62. The highest BCUT2D eigenvalue weighted by Crippen LogP contribution is 2.28. The molecule has 1 atom stereocenters. The first kappa shape index (κ1) is 17.5. The van der Waals surface area contributed by atoms with Crippen molar-refractivity contribution in [2.75, 3.05) is 6.54 Å². The Hall–Kier alpha value is -2.34. The van der Waals surface area contributed by atoms with Crippen LogP contribution in [-0.4, -0.2) is 34.6 Å². The molecule has 1 aromatic carbocycles. The molecule has 1 aromatic heterocycles. The molecule has 1 heterocycles. The largest absolute Gasteiger partial charge is 0.481 e. The summed E-state index contributed by atoms with van der Waals surface area (Å²) >= 11 is 0. The smallest absolute Gasteiger partial charge is 0.306 e. The van der Waals surface area contributed by atoms with E-state index in [9.17, 15) is 9.59 Å². The number of hydrogen-bond acceptors (Lipinski definition) is 3. The van der Waals surface area contributed by atoms with E-state index >= 15 is 0 Å². The number of carboxylic acids is 1. The second-order valence-corrected chi connectivity index (χ2v) is 6.97. The van der Waals surface area contributed by atoms with Gasteiger partial charge in [-0.2, -0.15) is 0 Å². The third kappa shape index (κ3) is 4.20. The summed E-state index contributed by atoms with van der Waals surface area (Å²) in [6.07, 6.45) is 5.46. The lowest BCUT2D eigenvalue weighted by Gasteiger charge is -2.26. The Morgan fingerprint density at radius 3 is 2.68 bits per heavy atom. The van der Waals surface area contributed by atoms with E-state index in [4.69, 9.17) is 10.8 Å². The molecule has 1 saturated carbocycles. The van der Waals surface area contributed by atoms with Crippen molar-refractivity contribution >= 4 is 22.8 Å². The van der Waals surface area contributed by atoms with Gasteiger partial charge in [0.2, 0.25) is 5.91 Å². The Balaban J connectivity index is 1.47. The molecule has 25 heavy (non-hydrogen) atoms. The van der Waals surface area contributed by atoms with Gasteiger partial charge in [0, 0.05) is 23.6 Å². The number of hydrogen-bond donors (Lipinski definition) is 4. The summed E-state index contributed by atoms with van der Waals surface area (Å²) < 4.78 is 0. The standard InChI is InChI=1S/C19H25N3O3/c20-16(9-14-11-21-17-4-2-1-3-15(14)17)18(23)22-10-12-5-7-13(8-6-12)19(24)25/h1-4,11-13,16,21H,5-10,20H2,(H,22,23)(H,24,25)/t12?,13?,16-/m0/s1. The SMILES string of the molecule is N[C@@H](Cc1c[nH]c2ccccc12)C(=O)NCC1CCC(C(=O)O)CC1. The van der Waals surface area contributed by atoms with E-state index in [0.717, 1.165) is 29.3 Å². The van der Waals surface area contributed by atoms with Gasteiger partial charge in [-0.1, -0.05) is 18.2 Å². The lowest BCUT2D eigenvalue weighted by molar-refractivity contribution is -0.143. The quantitative estimate of drug-likeness (QED) is 0.643.